The molecule has 7 heteroatoms. The van der Waals surface area contributed by atoms with Crippen LogP contribution in [0.3, 0.4) is 0 Å². The number of amides is 1. The van der Waals surface area contributed by atoms with Gasteiger partial charge in [-0.15, -0.1) is 11.3 Å². The summed E-state index contributed by atoms with van der Waals surface area (Å²) in [7, 11) is 0. The molecular formula is C21H19FN2O3S. The highest BCUT2D eigenvalue weighted by Crippen LogP contribution is 2.14. The van der Waals surface area contributed by atoms with E-state index in [0.717, 1.165) is 11.3 Å². The molecule has 0 aliphatic rings. The van der Waals surface area contributed by atoms with Crippen LogP contribution in [-0.2, 0) is 33.8 Å². The molecule has 28 heavy (non-hydrogen) atoms. The topological polar surface area (TPSA) is 68.3 Å². The van der Waals surface area contributed by atoms with Crippen molar-refractivity contribution in [1.29, 1.82) is 0 Å². The van der Waals surface area contributed by atoms with Gasteiger partial charge in [-0.2, -0.15) is 0 Å². The van der Waals surface area contributed by atoms with Crippen LogP contribution in [0.25, 0.3) is 0 Å². The predicted molar refractivity (Wildman–Crippen MR) is 106 cm³/mol. The maximum Gasteiger partial charge on any atom is 0.310 e. The fourth-order valence-corrected chi connectivity index (χ4v) is 3.27. The van der Waals surface area contributed by atoms with Crippen molar-refractivity contribution in [2.45, 2.75) is 26.4 Å². The highest BCUT2D eigenvalue weighted by molar-refractivity contribution is 7.09. The molecule has 0 aliphatic heterocycles. The van der Waals surface area contributed by atoms with Crippen LogP contribution in [0.1, 0.15) is 21.8 Å². The number of carbonyl (C=O) groups excluding carboxylic acids is 2. The second kappa shape index (κ2) is 9.23. The first-order chi connectivity index (χ1) is 13.5. The van der Waals surface area contributed by atoms with E-state index in [1.54, 1.807) is 17.5 Å². The summed E-state index contributed by atoms with van der Waals surface area (Å²) in [6, 6.07) is 13.4. The van der Waals surface area contributed by atoms with Crippen molar-refractivity contribution in [1.82, 2.24) is 4.98 Å². The van der Waals surface area contributed by atoms with Gasteiger partial charge in [0.15, 0.2) is 0 Å². The third-order valence-electron chi connectivity index (χ3n) is 3.86. The minimum atomic E-state index is -0.461. The lowest BCUT2D eigenvalue weighted by Gasteiger charge is -2.04. The molecule has 0 atom stereocenters. The van der Waals surface area contributed by atoms with Crippen LogP contribution in [0.2, 0.25) is 0 Å². The standard InChI is InChI=1S/C21H19FN2O3S/c1-14-5-7-17(8-6-14)23-19(25)11-20-24-18(13-28-20)12-27-21(26)10-15-3-2-4-16(22)9-15/h2-9,13H,10-12H2,1H3,(H,23,25). The van der Waals surface area contributed by atoms with E-state index in [-0.39, 0.29) is 25.4 Å². The van der Waals surface area contributed by atoms with Gasteiger partial charge in [0, 0.05) is 11.1 Å². The van der Waals surface area contributed by atoms with Gasteiger partial charge in [-0.25, -0.2) is 9.37 Å². The summed E-state index contributed by atoms with van der Waals surface area (Å²) >= 11 is 1.34. The number of benzene rings is 2. The Labute approximate surface area is 166 Å². The molecule has 2 aromatic carbocycles. The molecule has 0 saturated carbocycles. The first-order valence-corrected chi connectivity index (χ1v) is 9.56. The number of rotatable bonds is 7. The number of ether oxygens (including phenoxy) is 1. The lowest BCUT2D eigenvalue weighted by atomic mass is 10.1. The highest BCUT2D eigenvalue weighted by Gasteiger charge is 2.11. The summed E-state index contributed by atoms with van der Waals surface area (Å²) in [6.45, 7) is 2.00. The molecule has 144 valence electrons. The molecule has 1 aromatic heterocycles. The maximum absolute atomic E-state index is 13.1. The van der Waals surface area contributed by atoms with Crippen molar-refractivity contribution in [3.8, 4) is 0 Å². The second-order valence-corrected chi connectivity index (χ2v) is 7.23. The maximum atomic E-state index is 13.1. The van der Waals surface area contributed by atoms with Gasteiger partial charge in [0.05, 0.1) is 18.5 Å². The smallest absolute Gasteiger partial charge is 0.310 e. The van der Waals surface area contributed by atoms with Crippen LogP contribution in [0.5, 0.6) is 0 Å². The number of carbonyl (C=O) groups is 2. The van der Waals surface area contributed by atoms with Crippen molar-refractivity contribution in [2.24, 2.45) is 0 Å². The molecule has 1 heterocycles. The van der Waals surface area contributed by atoms with Gasteiger partial charge in [0.25, 0.3) is 0 Å². The Kier molecular flexibility index (Phi) is 6.49. The van der Waals surface area contributed by atoms with Gasteiger partial charge in [0.2, 0.25) is 5.91 Å². The lowest BCUT2D eigenvalue weighted by molar-refractivity contribution is -0.144. The van der Waals surface area contributed by atoms with Crippen molar-refractivity contribution < 1.29 is 18.7 Å². The van der Waals surface area contributed by atoms with Crippen LogP contribution in [-0.4, -0.2) is 16.9 Å². The van der Waals surface area contributed by atoms with E-state index in [9.17, 15) is 14.0 Å². The molecule has 3 rings (SSSR count). The van der Waals surface area contributed by atoms with Crippen molar-refractivity contribution >= 4 is 28.9 Å². The molecule has 3 aromatic rings. The number of anilines is 1. The number of nitrogens with one attached hydrogen (secondary N) is 1. The molecular weight excluding hydrogens is 379 g/mol. The zero-order valence-corrected chi connectivity index (χ0v) is 16.1. The fraction of sp³-hybridized carbons (Fsp3) is 0.190. The number of aryl methyl sites for hydroxylation is 1. The molecule has 1 amide bonds. The summed E-state index contributed by atoms with van der Waals surface area (Å²) in [5.74, 6) is -1.01. The molecule has 0 radical (unpaired) electrons. The van der Waals surface area contributed by atoms with E-state index < -0.39 is 11.8 Å². The Hall–Kier alpha value is -3.06. The molecule has 0 saturated heterocycles. The first-order valence-electron chi connectivity index (χ1n) is 8.68. The Morgan fingerprint density at radius 2 is 1.93 bits per heavy atom. The van der Waals surface area contributed by atoms with Crippen molar-refractivity contribution in [3.05, 3.63) is 81.6 Å². The van der Waals surface area contributed by atoms with Crippen LogP contribution in [0.4, 0.5) is 10.1 Å². The normalized spacial score (nSPS) is 10.5. The van der Waals surface area contributed by atoms with E-state index in [2.05, 4.69) is 10.3 Å². The van der Waals surface area contributed by atoms with E-state index >= 15 is 0 Å². The highest BCUT2D eigenvalue weighted by atomic mass is 32.1. The Bertz CT molecular complexity index is 970. The van der Waals surface area contributed by atoms with Crippen molar-refractivity contribution in [2.75, 3.05) is 5.32 Å². The molecule has 0 aliphatic carbocycles. The van der Waals surface area contributed by atoms with E-state index in [0.29, 0.717) is 16.3 Å². The number of hydrogen-bond donors (Lipinski definition) is 1. The van der Waals surface area contributed by atoms with E-state index in [4.69, 9.17) is 4.74 Å². The number of hydrogen-bond acceptors (Lipinski definition) is 5. The minimum Gasteiger partial charge on any atom is -0.459 e. The molecule has 0 unspecified atom stereocenters. The lowest BCUT2D eigenvalue weighted by Crippen LogP contribution is -2.14. The van der Waals surface area contributed by atoms with Crippen molar-refractivity contribution in [3.63, 3.8) is 0 Å². The molecule has 5 nitrogen and oxygen atoms in total. The third kappa shape index (κ3) is 5.99. The number of esters is 1. The average molecular weight is 398 g/mol. The van der Waals surface area contributed by atoms with Gasteiger partial charge in [-0.1, -0.05) is 29.8 Å². The summed E-state index contributed by atoms with van der Waals surface area (Å²) in [5, 5.41) is 5.21. The average Bonchev–Trinajstić information content (AvgIpc) is 3.09. The second-order valence-electron chi connectivity index (χ2n) is 6.29. The zero-order chi connectivity index (χ0) is 19.9. The Morgan fingerprint density at radius 3 is 2.68 bits per heavy atom. The molecule has 0 spiro atoms. The van der Waals surface area contributed by atoms with Crippen LogP contribution < -0.4 is 5.32 Å². The minimum absolute atomic E-state index is 0.00624. The van der Waals surface area contributed by atoms with Crippen LogP contribution >= 0.6 is 11.3 Å². The third-order valence-corrected chi connectivity index (χ3v) is 4.76. The summed E-state index contributed by atoms with van der Waals surface area (Å²) in [5.41, 5.74) is 2.99. The summed E-state index contributed by atoms with van der Waals surface area (Å²) < 4.78 is 18.3. The summed E-state index contributed by atoms with van der Waals surface area (Å²) in [6.07, 6.45) is 0.142. The first kappa shape index (κ1) is 19.7. The Balaban J connectivity index is 1.46. The van der Waals surface area contributed by atoms with E-state index in [1.807, 2.05) is 31.2 Å². The quantitative estimate of drug-likeness (QED) is 0.610. The number of aromatic nitrogens is 1. The zero-order valence-electron chi connectivity index (χ0n) is 15.3. The number of halogens is 1. The number of nitrogens with zero attached hydrogens (tertiary/aromatic N) is 1. The van der Waals surface area contributed by atoms with Gasteiger partial charge >= 0.3 is 5.97 Å². The largest absolute Gasteiger partial charge is 0.459 e. The monoisotopic (exact) mass is 398 g/mol. The fourth-order valence-electron chi connectivity index (χ4n) is 2.49. The predicted octanol–water partition coefficient (Wildman–Crippen LogP) is 4.06. The van der Waals surface area contributed by atoms with Crippen LogP contribution in [0.15, 0.2) is 53.9 Å². The van der Waals surface area contributed by atoms with Gasteiger partial charge < -0.3 is 10.1 Å². The van der Waals surface area contributed by atoms with Gasteiger partial charge in [-0.05, 0) is 36.8 Å². The summed E-state index contributed by atoms with van der Waals surface area (Å²) in [4.78, 5) is 28.3. The number of thiazole rings is 1. The molecule has 0 fully saturated rings. The van der Waals surface area contributed by atoms with Crippen LogP contribution in [0, 0.1) is 12.7 Å². The van der Waals surface area contributed by atoms with Gasteiger partial charge in [0.1, 0.15) is 17.4 Å². The van der Waals surface area contributed by atoms with Gasteiger partial charge in [-0.3, -0.25) is 9.59 Å². The molecule has 0 bridgehead atoms. The van der Waals surface area contributed by atoms with E-state index in [1.165, 1.54) is 23.5 Å². The SMILES string of the molecule is Cc1ccc(NC(=O)Cc2nc(COC(=O)Cc3cccc(F)c3)cs2)cc1. The Morgan fingerprint density at radius 1 is 1.14 bits per heavy atom. The molecule has 1 N–H and O–H groups in total.